The minimum atomic E-state index is -3.95. The molecular formula is C38H28FNO3S. The van der Waals surface area contributed by atoms with E-state index in [2.05, 4.69) is 0 Å². The summed E-state index contributed by atoms with van der Waals surface area (Å²) in [4.78, 5) is 12.8. The molecule has 44 heavy (non-hydrogen) atoms. The van der Waals surface area contributed by atoms with Crippen molar-refractivity contribution in [2.45, 2.75) is 25.3 Å². The molecule has 0 amide bonds. The van der Waals surface area contributed by atoms with Crippen LogP contribution in [0, 0.1) is 12.7 Å². The van der Waals surface area contributed by atoms with Gasteiger partial charge in [0.15, 0.2) is 5.78 Å². The van der Waals surface area contributed by atoms with Gasteiger partial charge in [0.05, 0.1) is 17.1 Å². The van der Waals surface area contributed by atoms with E-state index in [1.165, 1.54) is 16.4 Å². The van der Waals surface area contributed by atoms with Gasteiger partial charge in [-0.05, 0) is 94.4 Å². The summed E-state index contributed by atoms with van der Waals surface area (Å²) in [5.41, 5.74) is 7.99. The molecule has 1 aliphatic heterocycles. The highest BCUT2D eigenvalue weighted by atomic mass is 32.2. The Hall–Kier alpha value is -5.07. The number of aryl methyl sites for hydroxylation is 1. The number of carbonyl (C=O) groups is 1. The van der Waals surface area contributed by atoms with Crippen molar-refractivity contribution in [3.05, 3.63) is 144 Å². The lowest BCUT2D eigenvalue weighted by Crippen LogP contribution is -2.33. The molecule has 0 aromatic heterocycles. The van der Waals surface area contributed by atoms with Gasteiger partial charge in [-0.1, -0.05) is 90.5 Å². The van der Waals surface area contributed by atoms with Gasteiger partial charge in [-0.3, -0.25) is 9.10 Å². The van der Waals surface area contributed by atoms with Crippen molar-refractivity contribution in [1.29, 1.82) is 0 Å². The zero-order valence-electron chi connectivity index (χ0n) is 24.2. The SMILES string of the molecule is CC(=O)c1ccc2c(-c3ccccc3)c3c(c(-c4ccc(F)cc4)c2c1)-c1ccccc1N(S(=O)(=O)c1ccc(C)cc1)C3. The van der Waals surface area contributed by atoms with Gasteiger partial charge in [0.1, 0.15) is 5.82 Å². The van der Waals surface area contributed by atoms with Crippen molar-refractivity contribution in [3.8, 4) is 33.4 Å². The van der Waals surface area contributed by atoms with Gasteiger partial charge in [-0.2, -0.15) is 0 Å². The molecule has 0 unspecified atom stereocenters. The number of sulfonamides is 1. The van der Waals surface area contributed by atoms with E-state index >= 15 is 0 Å². The Morgan fingerprint density at radius 1 is 0.705 bits per heavy atom. The van der Waals surface area contributed by atoms with E-state index in [0.717, 1.165) is 55.3 Å². The lowest BCUT2D eigenvalue weighted by Gasteiger charge is -2.35. The van der Waals surface area contributed by atoms with E-state index < -0.39 is 10.0 Å². The Morgan fingerprint density at radius 2 is 1.36 bits per heavy atom. The Balaban J connectivity index is 1.64. The first-order valence-electron chi connectivity index (χ1n) is 14.4. The van der Waals surface area contributed by atoms with Crippen LogP contribution in [0.5, 0.6) is 0 Å². The molecule has 0 saturated heterocycles. The molecule has 0 atom stereocenters. The Bertz CT molecular complexity index is 2190. The molecule has 6 heteroatoms. The third kappa shape index (κ3) is 4.50. The van der Waals surface area contributed by atoms with Crippen LogP contribution >= 0.6 is 0 Å². The third-order valence-corrected chi connectivity index (χ3v) is 10.1. The van der Waals surface area contributed by atoms with E-state index in [9.17, 15) is 17.6 Å². The number of fused-ring (bicyclic) bond motifs is 4. The first kappa shape index (κ1) is 27.7. The number of Topliss-reactive ketones (excluding diaryl/α,β-unsaturated/α-hetero) is 1. The zero-order chi connectivity index (χ0) is 30.6. The van der Waals surface area contributed by atoms with Crippen molar-refractivity contribution in [2.24, 2.45) is 0 Å². The normalized spacial score (nSPS) is 12.6. The molecule has 0 saturated carbocycles. The number of benzene rings is 6. The predicted molar refractivity (Wildman–Crippen MR) is 175 cm³/mol. The number of halogens is 1. The Morgan fingerprint density at radius 3 is 2.07 bits per heavy atom. The summed E-state index contributed by atoms with van der Waals surface area (Å²) in [7, 11) is -3.95. The number of rotatable bonds is 5. The van der Waals surface area contributed by atoms with Crippen molar-refractivity contribution in [3.63, 3.8) is 0 Å². The molecule has 0 radical (unpaired) electrons. The van der Waals surface area contributed by atoms with Gasteiger partial charge in [-0.25, -0.2) is 12.8 Å². The summed E-state index contributed by atoms with van der Waals surface area (Å²) in [5, 5.41) is 1.72. The van der Waals surface area contributed by atoms with Crippen molar-refractivity contribution < 1.29 is 17.6 Å². The minimum Gasteiger partial charge on any atom is -0.295 e. The van der Waals surface area contributed by atoms with E-state index in [4.69, 9.17) is 0 Å². The van der Waals surface area contributed by atoms with Crippen LogP contribution in [0.1, 0.15) is 28.4 Å². The summed E-state index contributed by atoms with van der Waals surface area (Å²) in [5.74, 6) is -0.417. The first-order valence-corrected chi connectivity index (χ1v) is 15.8. The molecule has 7 rings (SSSR count). The summed E-state index contributed by atoms with van der Waals surface area (Å²) in [6, 6.07) is 36.3. The molecule has 0 spiro atoms. The molecule has 1 heterocycles. The van der Waals surface area contributed by atoms with Crippen molar-refractivity contribution in [1.82, 2.24) is 0 Å². The maximum Gasteiger partial charge on any atom is 0.264 e. The molecule has 0 fully saturated rings. The largest absolute Gasteiger partial charge is 0.295 e. The average Bonchev–Trinajstić information content (AvgIpc) is 3.04. The van der Waals surface area contributed by atoms with E-state index in [1.807, 2.05) is 79.7 Å². The summed E-state index contributed by atoms with van der Waals surface area (Å²) < 4.78 is 44.4. The van der Waals surface area contributed by atoms with E-state index in [0.29, 0.717) is 11.3 Å². The van der Waals surface area contributed by atoms with E-state index in [-0.39, 0.29) is 23.0 Å². The number of para-hydroxylation sites is 1. The number of hydrogen-bond acceptors (Lipinski definition) is 3. The molecule has 6 aromatic carbocycles. The fourth-order valence-electron chi connectivity index (χ4n) is 6.25. The van der Waals surface area contributed by atoms with Gasteiger partial charge in [0.2, 0.25) is 0 Å². The van der Waals surface area contributed by atoms with Gasteiger partial charge < -0.3 is 0 Å². The van der Waals surface area contributed by atoms with Gasteiger partial charge in [0.25, 0.3) is 10.0 Å². The number of anilines is 1. The van der Waals surface area contributed by atoms with Crippen LogP contribution in [-0.2, 0) is 16.6 Å². The lowest BCUT2D eigenvalue weighted by molar-refractivity contribution is 0.101. The highest BCUT2D eigenvalue weighted by Gasteiger charge is 2.35. The Kier molecular flexibility index (Phi) is 6.67. The molecular weight excluding hydrogens is 569 g/mol. The second-order valence-electron chi connectivity index (χ2n) is 11.1. The zero-order valence-corrected chi connectivity index (χ0v) is 25.0. The van der Waals surface area contributed by atoms with Crippen LogP contribution in [0.15, 0.2) is 126 Å². The predicted octanol–water partition coefficient (Wildman–Crippen LogP) is 9.20. The van der Waals surface area contributed by atoms with Gasteiger partial charge in [-0.15, -0.1) is 0 Å². The van der Waals surface area contributed by atoms with Gasteiger partial charge >= 0.3 is 0 Å². The number of nitrogens with zero attached hydrogens (tertiary/aromatic N) is 1. The second kappa shape index (κ2) is 10.6. The maximum atomic E-state index is 14.3. The molecule has 0 N–H and O–H groups in total. The molecule has 1 aliphatic rings. The summed E-state index contributed by atoms with van der Waals surface area (Å²) >= 11 is 0. The monoisotopic (exact) mass is 597 g/mol. The average molecular weight is 598 g/mol. The quantitative estimate of drug-likeness (QED) is 0.186. The highest BCUT2D eigenvalue weighted by molar-refractivity contribution is 7.92. The highest BCUT2D eigenvalue weighted by Crippen LogP contribution is 2.52. The standard InChI is InChI=1S/C38H28FNO3S/c1-24-12-19-30(20-13-24)44(42,43)40-23-34-36(26-8-4-3-5-9-26)31-21-16-28(25(2)41)22-33(31)37(27-14-17-29(39)18-15-27)38(34)32-10-6-7-11-35(32)40/h3-22H,23H2,1-2H3. The fraction of sp³-hybridized carbons (Fsp3) is 0.0789. The van der Waals surface area contributed by atoms with Crippen molar-refractivity contribution >= 4 is 32.3 Å². The molecule has 6 aromatic rings. The fourth-order valence-corrected chi connectivity index (χ4v) is 7.70. The van der Waals surface area contributed by atoms with Crippen LogP contribution in [0.4, 0.5) is 10.1 Å². The molecule has 216 valence electrons. The molecule has 0 bridgehead atoms. The molecule has 0 aliphatic carbocycles. The maximum absolute atomic E-state index is 14.3. The van der Waals surface area contributed by atoms with Gasteiger partial charge in [0, 0.05) is 11.1 Å². The first-order chi connectivity index (χ1) is 21.2. The summed E-state index contributed by atoms with van der Waals surface area (Å²) in [6.07, 6.45) is 0. The minimum absolute atomic E-state index is 0.0632. The Labute approximate surface area is 256 Å². The summed E-state index contributed by atoms with van der Waals surface area (Å²) in [6.45, 7) is 3.55. The number of ketones is 1. The molecule has 4 nitrogen and oxygen atoms in total. The van der Waals surface area contributed by atoms with Crippen LogP contribution in [0.3, 0.4) is 0 Å². The van der Waals surface area contributed by atoms with Crippen LogP contribution in [-0.4, -0.2) is 14.2 Å². The van der Waals surface area contributed by atoms with E-state index in [1.54, 1.807) is 43.3 Å². The third-order valence-electron chi connectivity index (χ3n) is 8.37. The van der Waals surface area contributed by atoms with Crippen LogP contribution in [0.2, 0.25) is 0 Å². The smallest absolute Gasteiger partial charge is 0.264 e. The van der Waals surface area contributed by atoms with Crippen molar-refractivity contribution in [2.75, 3.05) is 4.31 Å². The second-order valence-corrected chi connectivity index (χ2v) is 13.0. The number of hydrogen-bond donors (Lipinski definition) is 0. The van der Waals surface area contributed by atoms with Crippen LogP contribution in [0.25, 0.3) is 44.2 Å². The topological polar surface area (TPSA) is 54.5 Å². The van der Waals surface area contributed by atoms with Crippen LogP contribution < -0.4 is 4.31 Å². The lowest BCUT2D eigenvalue weighted by atomic mass is 9.79. The number of carbonyl (C=O) groups excluding carboxylic acids is 1.